The van der Waals surface area contributed by atoms with E-state index in [9.17, 15) is 33.6 Å². The van der Waals surface area contributed by atoms with E-state index in [0.29, 0.717) is 11.1 Å². The number of rotatable bonds is 42. The second-order valence-corrected chi connectivity index (χ2v) is 40.6. The number of alkyl halides is 4. The molecule has 4 aliphatic rings. The summed E-state index contributed by atoms with van der Waals surface area (Å²) < 4.78 is 202. The van der Waals surface area contributed by atoms with Crippen LogP contribution in [0.4, 0.5) is 35.1 Å². The SMILES string of the molecule is [2H]C[C@H]1O[C@@H](n2ccc(=O)[nH]c2=O)[C@H](F)[C@@H]1OP(OCC[N+]#[C-])N(C(C)C)C(C)C.[2H]C[C@H]1O[C@@H](n2ccc(NC(=O)c3ccccc3)nc2=O)[C@H](F)[C@@H]1OP(OCC[N+]#[C-])N(C(C)C)C(C)C.[2H]C[C@H]1O[C@@H](n2cnc3c(=O)[nH]c(NC(=O)C(C)C)nc32)[C@H](F)[C@@H]1OP(OCC[N+]#[C-])N(C(C)C)C(C)C.[2H]C[C@H]1O[C@@H](n2cnc3c(NC(=O)c4ccccc4)ncnc32)[C@H](F)[C@@H]1OP(OCC[N+]#[C-])N(C(C)C)C(C)C.[3H]OC.[3H]OC.[3H]OC.[3H]OC. The largest absolute Gasteiger partial charge is 0.400 e. The molecule has 12 rings (SSSR count). The third-order valence-electron chi connectivity index (χ3n) is 21.4. The Morgan fingerprint density at radius 2 is 0.787 bits per heavy atom. The molecule has 4 fully saturated rings. The van der Waals surface area contributed by atoms with Crippen molar-refractivity contribution in [3.05, 3.63) is 203 Å². The quantitative estimate of drug-likeness (QED) is 0.00742. The Bertz CT molecular complexity index is 6010. The summed E-state index contributed by atoms with van der Waals surface area (Å²) >= 11 is 0. The van der Waals surface area contributed by atoms with Gasteiger partial charge in [0.05, 0.1) is 37.1 Å². The van der Waals surface area contributed by atoms with Gasteiger partial charge in [-0.2, -0.15) is 9.97 Å². The van der Waals surface area contributed by atoms with E-state index in [2.05, 4.69) is 95.6 Å². The smallest absolute Gasteiger partial charge is 0.351 e. The Kier molecular flexibility index (Phi) is 51.0. The van der Waals surface area contributed by atoms with Crippen molar-refractivity contribution in [3.63, 3.8) is 0 Å². The number of aromatic amines is 2. The molecule has 54 heteroatoms. The Hall–Kier alpha value is -10.1. The summed E-state index contributed by atoms with van der Waals surface area (Å²) in [5.74, 6) is -1.42. The monoisotopic (exact) mass is 2200 g/mol. The van der Waals surface area contributed by atoms with Gasteiger partial charge in [0.25, 0.3) is 57.0 Å². The molecule has 4 saturated heterocycles. The van der Waals surface area contributed by atoms with Crippen LogP contribution in [-0.2, 0) is 59.9 Å². The van der Waals surface area contributed by atoms with Crippen LogP contribution in [0, 0.1) is 32.2 Å². The number of halogens is 4. The number of aromatic nitrogens is 12. The van der Waals surface area contributed by atoms with Crippen molar-refractivity contribution in [2.45, 2.75) is 299 Å². The maximum absolute atomic E-state index is 16.1. The Balaban J connectivity index is 0.000000358. The number of ether oxygens (including phenoxy) is 4. The number of H-pyrrole nitrogens is 2. The van der Waals surface area contributed by atoms with E-state index in [4.69, 9.17) is 92.6 Å². The molecule has 4 unspecified atom stereocenters. The molecule has 46 nitrogen and oxygen atoms in total. The fraction of sp³-hybridized carbons (Fsp3) is 0.615. The summed E-state index contributed by atoms with van der Waals surface area (Å²) in [6.45, 7) is 62.9. The van der Waals surface area contributed by atoms with Gasteiger partial charge in [-0.05, 0) is 169 Å². The zero-order valence-electron chi connectivity index (χ0n) is 96.0. The molecule has 0 aliphatic carbocycles. The van der Waals surface area contributed by atoms with E-state index in [-0.39, 0.29) is 186 Å². The maximum Gasteiger partial charge on any atom is 0.351 e. The van der Waals surface area contributed by atoms with Gasteiger partial charge in [0, 0.05) is 118 Å². The predicted molar refractivity (Wildman–Crippen MR) is 561 cm³/mol. The lowest BCUT2D eigenvalue weighted by atomic mass is 10.2. The summed E-state index contributed by atoms with van der Waals surface area (Å²) in [5.41, 5.74) is -1.49. The van der Waals surface area contributed by atoms with E-state index in [1.807, 2.05) is 136 Å². The van der Waals surface area contributed by atoms with Gasteiger partial charge in [0.1, 0.15) is 63.0 Å². The fourth-order valence-corrected chi connectivity index (χ4v) is 22.2. The summed E-state index contributed by atoms with van der Waals surface area (Å²) in [7, 11) is -1.88. The molecule has 0 radical (unpaired) electrons. The molecule has 6 aromatic heterocycles. The minimum atomic E-state index is -1.80. The number of nitrogens with one attached hydrogen (secondary N) is 5. The van der Waals surface area contributed by atoms with Crippen LogP contribution in [0.2, 0.25) is 0 Å². The Labute approximate surface area is 888 Å². The van der Waals surface area contributed by atoms with Crippen molar-refractivity contribution in [2.24, 2.45) is 5.92 Å². The second-order valence-electron chi connectivity index (χ2n) is 35.0. The van der Waals surface area contributed by atoms with Crippen LogP contribution in [-0.4, -0.2) is 324 Å². The van der Waals surface area contributed by atoms with Gasteiger partial charge >= 0.3 is 11.4 Å². The van der Waals surface area contributed by atoms with Crippen molar-refractivity contribution in [3.8, 4) is 0 Å². The first-order chi connectivity index (χ1) is 75.3. The van der Waals surface area contributed by atoms with Crippen LogP contribution >= 0.6 is 34.1 Å². The average molecular weight is 2200 g/mol. The number of amides is 3. The number of imidazole rings is 2. The van der Waals surface area contributed by atoms with Crippen LogP contribution in [0.25, 0.3) is 41.7 Å². The highest BCUT2D eigenvalue weighted by Gasteiger charge is 2.53. The van der Waals surface area contributed by atoms with Crippen molar-refractivity contribution in [1.82, 2.24) is 76.8 Å². The first-order valence-electron chi connectivity index (χ1n) is 52.0. The zero-order chi connectivity index (χ0) is 118. The highest BCUT2D eigenvalue weighted by Crippen LogP contribution is 2.55. The fourth-order valence-electron chi connectivity index (χ4n) is 15.2. The maximum atomic E-state index is 16.1. The highest BCUT2D eigenvalue weighted by atomic mass is 31.2. The number of fused-ring (bicyclic) bond motifs is 2. The number of aliphatic hydroxyl groups is 4. The minimum Gasteiger partial charge on any atom is -0.400 e. The van der Waals surface area contributed by atoms with Gasteiger partial charge < -0.3 is 106 Å². The number of carbonyl (C=O) groups excluding carboxylic acids is 3. The average Bonchev–Trinajstić information content (AvgIpc) is 1.61. The predicted octanol–water partition coefficient (Wildman–Crippen LogP) is 13.9. The van der Waals surface area contributed by atoms with E-state index >= 15 is 17.6 Å². The van der Waals surface area contributed by atoms with Crippen LogP contribution in [0.1, 0.15) is 203 Å². The van der Waals surface area contributed by atoms with Gasteiger partial charge in [-0.3, -0.25) is 57.5 Å². The van der Waals surface area contributed by atoms with Crippen molar-refractivity contribution in [1.29, 1.82) is 5.72 Å². The number of hydrogen-bond acceptors (Lipinski definition) is 33. The van der Waals surface area contributed by atoms with Gasteiger partial charge in [-0.1, -0.05) is 50.2 Å². The third-order valence-corrected chi connectivity index (χ3v) is 29.9. The number of benzene rings is 2. The van der Waals surface area contributed by atoms with Gasteiger partial charge in [-0.25, -0.2) is 92.1 Å². The third kappa shape index (κ3) is 36.0. The zero-order valence-corrected chi connectivity index (χ0v) is 91.6. The first kappa shape index (κ1) is 117. The number of hydrogen-bond donors (Lipinski definition) is 9. The minimum absolute atomic E-state index is 0.00476. The molecule has 3 amide bonds. The number of anilines is 3. The molecule has 2 aromatic carbocycles. The molecule has 0 bridgehead atoms. The summed E-state index contributed by atoms with van der Waals surface area (Å²) in [6, 6.07) is 19.7. The van der Waals surface area contributed by atoms with Crippen LogP contribution in [0.5, 0.6) is 0 Å². The summed E-state index contributed by atoms with van der Waals surface area (Å²) in [5, 5.41) is 21.8. The highest BCUT2D eigenvalue weighted by molar-refractivity contribution is 7.45. The second kappa shape index (κ2) is 65.5. The lowest BCUT2D eigenvalue weighted by Crippen LogP contribution is -2.38. The molecule has 20 atom stereocenters. The number of carbonyl (C=O) groups is 3. The van der Waals surface area contributed by atoms with Gasteiger partial charge in [0.15, 0.2) is 77.7 Å². The van der Waals surface area contributed by atoms with Crippen molar-refractivity contribution >= 4 is 91.7 Å². The summed E-state index contributed by atoms with van der Waals surface area (Å²) in [4.78, 5) is 129. The molecule has 10 heterocycles. The van der Waals surface area contributed by atoms with E-state index < -0.39 is 161 Å². The first-order valence-corrected chi connectivity index (χ1v) is 52.1. The molecule has 4 aliphatic heterocycles. The molecular weight excluding hydrogens is 2040 g/mol. The van der Waals surface area contributed by atoms with Gasteiger partial charge in [-0.15, -0.1) is 0 Å². The molecule has 0 saturated carbocycles. The number of aliphatic hydroxyl groups excluding tert-OH is 4. The lowest BCUT2D eigenvalue weighted by molar-refractivity contribution is -0.119. The van der Waals surface area contributed by atoms with Crippen LogP contribution in [0.3, 0.4) is 0 Å². The van der Waals surface area contributed by atoms with E-state index in [1.165, 1.54) is 68.8 Å². The van der Waals surface area contributed by atoms with Crippen molar-refractivity contribution < 1.29 is 113 Å². The van der Waals surface area contributed by atoms with Crippen molar-refractivity contribution in [2.75, 3.05) is 97.0 Å². The molecule has 0 spiro atoms. The molecule has 150 heavy (non-hydrogen) atoms. The Morgan fingerprint density at radius 3 is 1.12 bits per heavy atom. The van der Waals surface area contributed by atoms with Gasteiger partial charge in [0.2, 0.25) is 43.8 Å². The van der Waals surface area contributed by atoms with Crippen LogP contribution < -0.4 is 38.4 Å². The molecule has 9 N–H and O–H groups in total. The standard InChI is InChI=1S/C26H33FN7O4P.C25H33FN5O5P.C23H35FN7O5P.C18H28FN4O5P.4CH4O/c1-16(2)34(17(3)4)39(36-13-12-28-6)38-22-18(5)37-26(20(22)27)33-15-31-21-23(29-14-30-24(21)33)32-25(35)19-10-8-7-9-11-19;1-16(2)31(17(3)4)37(34-15-13-27-6)36-22-18(5)35-24(21(22)26)30-14-12-20(29-25(30)33)28-23(32)19-10-8-7-9-11-19;1-12(2)20(32)28-23-27-19-17(21(33)29-23)26-11-30(19)22-16(24)18(15(7)35-22)36-37(34-10-9-25-8)31(13(3)4)14(5)6;1-11(2)23(12(3)4)29(26-10-8-20-6)28-16-13(5)27-17(15(16)19)22-9-7-14(24)21-18(22)25;4*1-2/h7-11,14-18,20,22,26H,12-13H2,1-5H3,(H,29,30,32,35);7-12,14,16-18,21-22,24H,13,15H2,1-5H3,(H,28,29,32,33);11-16,18,22H,9-10H2,1-7H3,(H2,27,28,29,32,33);7,9,11-13,15-17H,8,10H2,1-5H3,(H,21,24,25);4*2H,1H3/t18-,20-,22-,26-,39?;18-,21-,22-,24-,37?;15-,16-,18-,22-,37?;13-,15-,16-,17-,29?;;;;/m1111..../s1/i2*5D;7D;5D;4*2T. The number of nitrogens with zero attached hydrogens (tertiary/aromatic N) is 18. The molecular formula is C96H145F4N23O23P4. The van der Waals surface area contributed by atoms with E-state index in [0.717, 1.165) is 21.4 Å². The molecule has 8 aromatic rings. The normalized spacial score (nSPS) is 22.7. The lowest BCUT2D eigenvalue weighted by Gasteiger charge is -2.37. The summed E-state index contributed by atoms with van der Waals surface area (Å²) in [6.07, 6.45) is -14.1. The Morgan fingerprint density at radius 1 is 0.453 bits per heavy atom. The topological polar surface area (TPSA) is 506 Å². The van der Waals surface area contributed by atoms with Crippen LogP contribution in [0.15, 0.2) is 123 Å². The van der Waals surface area contributed by atoms with E-state index in [1.54, 1.807) is 68.4 Å². The molecule has 830 valence electrons.